The molecule has 0 spiro atoms. The second-order valence-electron chi connectivity index (χ2n) is 3.70. The Morgan fingerprint density at radius 1 is 1.41 bits per heavy atom. The van der Waals surface area contributed by atoms with Crippen molar-refractivity contribution in [2.45, 2.75) is 25.7 Å². The topological polar surface area (TPSA) is 59.4 Å². The molecule has 0 radical (unpaired) electrons. The number of aromatic nitrogens is 1. The predicted molar refractivity (Wildman–Crippen MR) is 65.4 cm³/mol. The van der Waals surface area contributed by atoms with Crippen molar-refractivity contribution >= 4 is 5.97 Å². The third-order valence-electron chi connectivity index (χ3n) is 2.28. The second kappa shape index (κ2) is 7.44. The smallest absolute Gasteiger partial charge is 0.337 e. The molecule has 0 bridgehead atoms. The second-order valence-corrected chi connectivity index (χ2v) is 3.70. The van der Waals surface area contributed by atoms with Gasteiger partial charge in [-0.25, -0.2) is 4.79 Å². The van der Waals surface area contributed by atoms with E-state index in [0.717, 1.165) is 25.7 Å². The van der Waals surface area contributed by atoms with Crippen molar-refractivity contribution in [3.05, 3.63) is 36.7 Å². The van der Waals surface area contributed by atoms with Crippen LogP contribution in [0.1, 0.15) is 36.0 Å². The number of hydrogen-bond donors (Lipinski definition) is 1. The molecule has 17 heavy (non-hydrogen) atoms. The molecule has 0 atom stereocenters. The van der Waals surface area contributed by atoms with Crippen molar-refractivity contribution in [2.24, 2.45) is 0 Å². The van der Waals surface area contributed by atoms with Gasteiger partial charge in [0.2, 0.25) is 0 Å². The number of rotatable bonds is 8. The van der Waals surface area contributed by atoms with Crippen LogP contribution in [0.15, 0.2) is 31.1 Å². The maximum absolute atomic E-state index is 10.7. The predicted octanol–water partition coefficient (Wildman–Crippen LogP) is 2.91. The molecule has 0 saturated carbocycles. The molecule has 1 rings (SSSR count). The van der Waals surface area contributed by atoms with E-state index in [1.54, 1.807) is 0 Å². The fourth-order valence-electron chi connectivity index (χ4n) is 1.37. The lowest BCUT2D eigenvalue weighted by Gasteiger charge is -2.05. The summed E-state index contributed by atoms with van der Waals surface area (Å²) in [4.78, 5) is 14.5. The summed E-state index contributed by atoms with van der Waals surface area (Å²) in [5.41, 5.74) is 0.147. The van der Waals surface area contributed by atoms with Crippen LogP contribution in [0.4, 0.5) is 0 Å². The molecule has 0 amide bonds. The number of ether oxygens (including phenoxy) is 1. The quantitative estimate of drug-likeness (QED) is 0.556. The van der Waals surface area contributed by atoms with E-state index in [9.17, 15) is 4.79 Å². The largest absolute Gasteiger partial charge is 0.492 e. The van der Waals surface area contributed by atoms with Crippen LogP contribution in [-0.2, 0) is 0 Å². The molecule has 1 heterocycles. The van der Waals surface area contributed by atoms with Crippen LogP contribution in [-0.4, -0.2) is 22.7 Å². The van der Waals surface area contributed by atoms with Gasteiger partial charge in [-0.1, -0.05) is 6.08 Å². The first kappa shape index (κ1) is 13.2. The van der Waals surface area contributed by atoms with Gasteiger partial charge in [-0.15, -0.1) is 6.58 Å². The van der Waals surface area contributed by atoms with Gasteiger partial charge in [0.15, 0.2) is 0 Å². The van der Waals surface area contributed by atoms with Crippen LogP contribution in [0.5, 0.6) is 5.75 Å². The summed E-state index contributed by atoms with van der Waals surface area (Å²) < 4.78 is 5.43. The molecule has 92 valence electrons. The monoisotopic (exact) mass is 235 g/mol. The van der Waals surface area contributed by atoms with Crippen molar-refractivity contribution in [1.82, 2.24) is 4.98 Å². The maximum atomic E-state index is 10.7. The molecule has 4 heteroatoms. The van der Waals surface area contributed by atoms with Gasteiger partial charge in [-0.3, -0.25) is 4.98 Å². The maximum Gasteiger partial charge on any atom is 0.337 e. The number of unbranched alkanes of at least 4 members (excludes halogenated alkanes) is 3. The highest BCUT2D eigenvalue weighted by Gasteiger charge is 2.04. The van der Waals surface area contributed by atoms with E-state index in [2.05, 4.69) is 11.6 Å². The lowest BCUT2D eigenvalue weighted by atomic mass is 10.2. The molecule has 0 saturated heterocycles. The molecule has 0 aliphatic rings. The van der Waals surface area contributed by atoms with E-state index >= 15 is 0 Å². The van der Waals surface area contributed by atoms with E-state index in [4.69, 9.17) is 9.84 Å². The number of nitrogens with zero attached hydrogens (tertiary/aromatic N) is 1. The van der Waals surface area contributed by atoms with E-state index in [1.165, 1.54) is 18.5 Å². The fraction of sp³-hybridized carbons (Fsp3) is 0.385. The number of pyridine rings is 1. The van der Waals surface area contributed by atoms with Gasteiger partial charge in [0.05, 0.1) is 18.4 Å². The zero-order chi connectivity index (χ0) is 12.5. The Hall–Kier alpha value is -1.84. The highest BCUT2D eigenvalue weighted by atomic mass is 16.5. The number of aromatic carboxylic acids is 1. The van der Waals surface area contributed by atoms with Crippen molar-refractivity contribution in [3.8, 4) is 5.75 Å². The van der Waals surface area contributed by atoms with Crippen LogP contribution in [0.2, 0.25) is 0 Å². The summed E-state index contributed by atoms with van der Waals surface area (Å²) in [6, 6.07) is 1.49. The van der Waals surface area contributed by atoms with E-state index in [1.807, 2.05) is 6.08 Å². The van der Waals surface area contributed by atoms with Crippen LogP contribution in [0.25, 0.3) is 0 Å². The Morgan fingerprint density at radius 3 is 2.94 bits per heavy atom. The van der Waals surface area contributed by atoms with Gasteiger partial charge in [0.1, 0.15) is 5.75 Å². The average Bonchev–Trinajstić information content (AvgIpc) is 2.34. The van der Waals surface area contributed by atoms with Gasteiger partial charge in [-0.05, 0) is 31.7 Å². The Balaban J connectivity index is 2.29. The number of carboxylic acids is 1. The zero-order valence-electron chi connectivity index (χ0n) is 9.76. The van der Waals surface area contributed by atoms with E-state index < -0.39 is 5.97 Å². The Morgan fingerprint density at radius 2 is 2.24 bits per heavy atom. The van der Waals surface area contributed by atoms with Gasteiger partial charge in [0, 0.05) is 6.20 Å². The summed E-state index contributed by atoms with van der Waals surface area (Å²) >= 11 is 0. The van der Waals surface area contributed by atoms with Gasteiger partial charge < -0.3 is 9.84 Å². The third-order valence-corrected chi connectivity index (χ3v) is 2.28. The summed E-state index contributed by atoms with van der Waals surface area (Å²) in [5.74, 6) is -0.484. The van der Waals surface area contributed by atoms with Crippen LogP contribution in [0.3, 0.4) is 0 Å². The molecular weight excluding hydrogens is 218 g/mol. The minimum atomic E-state index is -0.992. The molecule has 0 unspecified atom stereocenters. The van der Waals surface area contributed by atoms with E-state index in [-0.39, 0.29) is 5.56 Å². The molecule has 0 aromatic carbocycles. The average molecular weight is 235 g/mol. The highest BCUT2D eigenvalue weighted by Crippen LogP contribution is 2.12. The summed E-state index contributed by atoms with van der Waals surface area (Å²) in [6.07, 6.45) is 8.90. The lowest BCUT2D eigenvalue weighted by Crippen LogP contribution is -2.01. The van der Waals surface area contributed by atoms with Gasteiger partial charge >= 0.3 is 5.97 Å². The number of carboxylic acid groups (broad SMARTS) is 1. The molecule has 0 fully saturated rings. The van der Waals surface area contributed by atoms with Crippen molar-refractivity contribution in [1.29, 1.82) is 0 Å². The number of allylic oxidation sites excluding steroid dienone is 1. The van der Waals surface area contributed by atoms with Gasteiger partial charge in [-0.2, -0.15) is 0 Å². The summed E-state index contributed by atoms with van der Waals surface area (Å²) in [5, 5.41) is 8.77. The Labute approximate surface area is 101 Å². The molecule has 4 nitrogen and oxygen atoms in total. The number of hydrogen-bond acceptors (Lipinski definition) is 3. The minimum absolute atomic E-state index is 0.147. The Bertz CT molecular complexity index is 377. The van der Waals surface area contributed by atoms with Crippen LogP contribution < -0.4 is 4.74 Å². The Kier molecular flexibility index (Phi) is 5.79. The summed E-state index contributed by atoms with van der Waals surface area (Å²) in [7, 11) is 0. The molecule has 0 aliphatic heterocycles. The lowest BCUT2D eigenvalue weighted by molar-refractivity contribution is 0.0696. The normalized spacial score (nSPS) is 9.88. The molecule has 1 aromatic rings. The SMILES string of the molecule is C=CCCCCCOc1cncc(C(=O)O)c1. The molecule has 1 aromatic heterocycles. The summed E-state index contributed by atoms with van der Waals surface area (Å²) in [6.45, 7) is 4.24. The first-order chi connectivity index (χ1) is 8.24. The first-order valence-electron chi connectivity index (χ1n) is 5.66. The molecular formula is C13H17NO3. The molecule has 1 N–H and O–H groups in total. The van der Waals surface area contributed by atoms with Crippen molar-refractivity contribution < 1.29 is 14.6 Å². The standard InChI is InChI=1S/C13H17NO3/c1-2-3-4-5-6-7-17-12-8-11(13(15)16)9-14-10-12/h2,8-10H,1,3-7H2,(H,15,16). The fourth-order valence-corrected chi connectivity index (χ4v) is 1.37. The van der Waals surface area contributed by atoms with Crippen molar-refractivity contribution in [2.75, 3.05) is 6.61 Å². The van der Waals surface area contributed by atoms with Gasteiger partial charge in [0.25, 0.3) is 0 Å². The zero-order valence-corrected chi connectivity index (χ0v) is 9.76. The van der Waals surface area contributed by atoms with Crippen molar-refractivity contribution in [3.63, 3.8) is 0 Å². The first-order valence-corrected chi connectivity index (χ1v) is 5.66. The number of carbonyl (C=O) groups is 1. The minimum Gasteiger partial charge on any atom is -0.492 e. The third kappa shape index (κ3) is 5.15. The highest BCUT2D eigenvalue weighted by molar-refractivity contribution is 5.87. The van der Waals surface area contributed by atoms with Crippen LogP contribution >= 0.6 is 0 Å². The van der Waals surface area contributed by atoms with Crippen LogP contribution in [0, 0.1) is 0 Å². The van der Waals surface area contributed by atoms with E-state index in [0.29, 0.717) is 12.4 Å². The molecule has 0 aliphatic carbocycles.